The Hall–Kier alpha value is -1.66. The molecular weight excluding hydrogens is 943 g/mol. The Kier molecular flexibility index (Phi) is 24.5. The van der Waals surface area contributed by atoms with Crippen LogP contribution in [0.3, 0.4) is 0 Å². The van der Waals surface area contributed by atoms with E-state index in [2.05, 4.69) is 102 Å². The molecule has 0 aromatic heterocycles. The highest BCUT2D eigenvalue weighted by molar-refractivity contribution is 9.11. The average molecular weight is 987 g/mol. The first-order chi connectivity index (χ1) is 22.4. The number of hydrogen-bond donors (Lipinski definition) is 5. The van der Waals surface area contributed by atoms with E-state index in [-0.39, 0.29) is 54.8 Å². The van der Waals surface area contributed by atoms with Crippen LogP contribution in [0.15, 0.2) is 52.5 Å². The Morgan fingerprint density at radius 3 is 1.39 bits per heavy atom. The molecule has 49 heavy (non-hydrogen) atoms. The Bertz CT molecular complexity index is 1380. The third-order valence-electron chi connectivity index (χ3n) is 7.18. The summed E-state index contributed by atoms with van der Waals surface area (Å²) in [7, 11) is 5.67. The van der Waals surface area contributed by atoms with Crippen molar-refractivity contribution < 1.29 is 29.8 Å². The van der Waals surface area contributed by atoms with Crippen LogP contribution in [0.25, 0.3) is 0 Å². The number of halogens is 6. The molecule has 0 bridgehead atoms. The maximum absolute atomic E-state index is 12.5. The van der Waals surface area contributed by atoms with Gasteiger partial charge in [0.1, 0.15) is 22.9 Å². The van der Waals surface area contributed by atoms with Gasteiger partial charge in [0.25, 0.3) is 11.8 Å². The summed E-state index contributed by atoms with van der Waals surface area (Å²) in [6.45, 7) is 4.41. The smallest absolute Gasteiger partial charge is 0.269 e. The van der Waals surface area contributed by atoms with Gasteiger partial charge in [0, 0.05) is 25.9 Å². The van der Waals surface area contributed by atoms with Gasteiger partial charge in [0.15, 0.2) is 0 Å². The summed E-state index contributed by atoms with van der Waals surface area (Å²) in [5.74, 6) is -0.134. The third kappa shape index (κ3) is 16.9. The summed E-state index contributed by atoms with van der Waals surface area (Å²) < 4.78 is 7.72. The minimum atomic E-state index is -0.435. The number of carbonyl (C=O) groups is 2. The van der Waals surface area contributed by atoms with Gasteiger partial charge in [0.05, 0.1) is 25.0 Å². The van der Waals surface area contributed by atoms with E-state index in [4.69, 9.17) is 4.74 Å². The van der Waals surface area contributed by atoms with Gasteiger partial charge in [-0.2, -0.15) is 0 Å². The van der Waals surface area contributed by atoms with E-state index >= 15 is 0 Å². The summed E-state index contributed by atoms with van der Waals surface area (Å²) in [6, 6.07) is 6.98. The van der Waals surface area contributed by atoms with Crippen LogP contribution < -0.4 is 15.4 Å². The first-order valence-electron chi connectivity index (χ1n) is 14.9. The summed E-state index contributed by atoms with van der Waals surface area (Å²) in [6.07, 6.45) is 3.85. The van der Waals surface area contributed by atoms with Crippen molar-refractivity contribution in [3.8, 4) is 11.5 Å². The molecule has 12 nitrogen and oxygen atoms in total. The molecule has 0 saturated heterocycles. The summed E-state index contributed by atoms with van der Waals surface area (Å²) >= 11 is 13.4. The Labute approximate surface area is 333 Å². The van der Waals surface area contributed by atoms with Gasteiger partial charge >= 0.3 is 0 Å². The molecule has 18 heteroatoms. The molecule has 2 aromatic rings. The number of ether oxygens (including phenoxy) is 1. The van der Waals surface area contributed by atoms with Crippen LogP contribution in [-0.2, 0) is 22.4 Å². The minimum Gasteiger partial charge on any atom is -0.506 e. The van der Waals surface area contributed by atoms with Gasteiger partial charge < -0.3 is 40.7 Å². The number of oxime groups is 2. The number of unbranched alkanes of at least 4 members (excludes halogenated alkanes) is 1. The second-order valence-electron chi connectivity index (χ2n) is 11.0. The molecular formula is C31H44Br4Cl2N6O6. The average Bonchev–Trinajstić information content (AvgIpc) is 3.03. The summed E-state index contributed by atoms with van der Waals surface area (Å²) in [4.78, 5) is 29.5. The first kappa shape index (κ1) is 47.3. The quantitative estimate of drug-likeness (QED) is 0.0442. The van der Waals surface area contributed by atoms with Crippen LogP contribution in [0.2, 0.25) is 0 Å². The lowest BCUT2D eigenvalue weighted by atomic mass is 10.1. The number of benzene rings is 2. The van der Waals surface area contributed by atoms with Gasteiger partial charge in [-0.3, -0.25) is 9.59 Å². The highest BCUT2D eigenvalue weighted by Crippen LogP contribution is 2.35. The molecule has 0 spiro atoms. The van der Waals surface area contributed by atoms with E-state index in [1.54, 1.807) is 19.2 Å². The lowest BCUT2D eigenvalue weighted by Gasteiger charge is -2.19. The van der Waals surface area contributed by atoms with Gasteiger partial charge in [-0.05, 0) is 165 Å². The fourth-order valence-electron chi connectivity index (χ4n) is 4.63. The van der Waals surface area contributed by atoms with Crippen molar-refractivity contribution in [2.75, 3.05) is 60.5 Å². The van der Waals surface area contributed by atoms with E-state index in [0.717, 1.165) is 66.4 Å². The van der Waals surface area contributed by atoms with Gasteiger partial charge in [0.2, 0.25) is 0 Å². The molecule has 276 valence electrons. The summed E-state index contributed by atoms with van der Waals surface area (Å²) in [5, 5.41) is 40.6. The number of hydrogen-bond acceptors (Lipinski definition) is 10. The number of phenolic OH excluding ortho intramolecular Hbond substituents is 1. The topological polar surface area (TPSA) is 159 Å². The zero-order valence-corrected chi connectivity index (χ0v) is 35.5. The molecule has 2 amide bonds. The standard InChI is InChI=1S/C31H42Br4N6O6.2ClH/c1-40(12-6-8-36-30(43)26(38-45)18-20-14-22(32)28(42)23(33)15-20)10-4-5-11-41(2)13-7-9-37-31(44)27(39-46)19-21-16-24(34)29(47-3)25(35)17-21;;/h14-17,42,45-46H,4-13,18-19H2,1-3H3,(H,36,43)(H,37,44);2*1H/b38-26+,39-27+;;. The van der Waals surface area contributed by atoms with Crippen molar-refractivity contribution in [1.82, 2.24) is 20.4 Å². The van der Waals surface area contributed by atoms with Crippen LogP contribution in [0.1, 0.15) is 36.8 Å². The number of nitrogens with zero attached hydrogens (tertiary/aromatic N) is 4. The third-order valence-corrected chi connectivity index (χ3v) is 9.57. The number of rotatable bonds is 20. The van der Waals surface area contributed by atoms with E-state index in [9.17, 15) is 25.1 Å². The Morgan fingerprint density at radius 2 is 1.04 bits per heavy atom. The molecule has 0 heterocycles. The molecule has 5 N–H and O–H groups in total. The van der Waals surface area contributed by atoms with Crippen LogP contribution in [-0.4, -0.2) is 109 Å². The predicted molar refractivity (Wildman–Crippen MR) is 212 cm³/mol. The highest BCUT2D eigenvalue weighted by Gasteiger charge is 2.17. The van der Waals surface area contributed by atoms with E-state index < -0.39 is 11.8 Å². The number of amides is 2. The van der Waals surface area contributed by atoms with Crippen LogP contribution in [0.4, 0.5) is 0 Å². The minimum absolute atomic E-state index is 0. The van der Waals surface area contributed by atoms with Crippen molar-refractivity contribution in [2.24, 2.45) is 10.3 Å². The normalized spacial score (nSPS) is 11.6. The number of nitrogens with one attached hydrogen (secondary N) is 2. The lowest BCUT2D eigenvalue weighted by Crippen LogP contribution is -2.35. The monoisotopic (exact) mass is 982 g/mol. The molecule has 0 fully saturated rings. The van der Waals surface area contributed by atoms with Crippen LogP contribution in [0, 0.1) is 0 Å². The van der Waals surface area contributed by atoms with Crippen LogP contribution in [0.5, 0.6) is 11.5 Å². The van der Waals surface area contributed by atoms with Crippen molar-refractivity contribution >= 4 is 112 Å². The molecule has 2 aromatic carbocycles. The highest BCUT2D eigenvalue weighted by atomic mass is 79.9. The second-order valence-corrected chi connectivity index (χ2v) is 14.4. The van der Waals surface area contributed by atoms with E-state index in [1.807, 2.05) is 19.2 Å². The zero-order chi connectivity index (χ0) is 34.9. The zero-order valence-electron chi connectivity index (χ0n) is 27.5. The van der Waals surface area contributed by atoms with Crippen LogP contribution >= 0.6 is 88.5 Å². The largest absolute Gasteiger partial charge is 0.506 e. The Morgan fingerprint density at radius 1 is 0.694 bits per heavy atom. The van der Waals surface area contributed by atoms with E-state index in [1.165, 1.54) is 0 Å². The maximum Gasteiger partial charge on any atom is 0.269 e. The van der Waals surface area contributed by atoms with Crippen molar-refractivity contribution in [3.05, 3.63) is 53.3 Å². The maximum atomic E-state index is 12.5. The lowest BCUT2D eigenvalue weighted by molar-refractivity contribution is -0.115. The van der Waals surface area contributed by atoms with Gasteiger partial charge in [-0.1, -0.05) is 10.3 Å². The van der Waals surface area contributed by atoms with Gasteiger partial charge in [-0.15, -0.1) is 24.8 Å². The second kappa shape index (κ2) is 25.3. The first-order valence-corrected chi connectivity index (χ1v) is 18.1. The summed E-state index contributed by atoms with van der Waals surface area (Å²) in [5.41, 5.74) is 1.51. The molecule has 0 aliphatic carbocycles. The Balaban J connectivity index is 0.0000115. The number of carbonyl (C=O) groups excluding carboxylic acids is 2. The fraction of sp³-hybridized carbons (Fsp3) is 0.484. The molecule has 0 aliphatic rings. The SMILES string of the molecule is COc1c(Br)cc(C/C(=N\O)C(=O)NCCCN(C)CCCCN(C)CCCNC(=O)/C(Cc2cc(Br)c(O)c(Br)c2)=N/O)cc1Br.Cl.Cl. The molecule has 0 aliphatic heterocycles. The number of aromatic hydroxyl groups is 1. The predicted octanol–water partition coefficient (Wildman–Crippen LogP) is 6.40. The molecule has 0 saturated carbocycles. The van der Waals surface area contributed by atoms with E-state index in [0.29, 0.717) is 33.3 Å². The van der Waals surface area contributed by atoms with Gasteiger partial charge in [-0.25, -0.2) is 0 Å². The molecule has 0 atom stereocenters. The number of phenols is 1. The number of methoxy groups -OCH3 is 1. The molecule has 2 rings (SSSR count). The van der Waals surface area contributed by atoms with Crippen molar-refractivity contribution in [2.45, 2.75) is 38.5 Å². The van der Waals surface area contributed by atoms with Crippen molar-refractivity contribution in [3.63, 3.8) is 0 Å². The van der Waals surface area contributed by atoms with Crippen molar-refractivity contribution in [1.29, 1.82) is 0 Å². The fourth-order valence-corrected chi connectivity index (χ4v) is 7.52. The molecule has 0 radical (unpaired) electrons. The molecule has 0 unspecified atom stereocenters.